The van der Waals surface area contributed by atoms with Gasteiger partial charge >= 0.3 is 0 Å². The zero-order chi connectivity index (χ0) is 15.5. The van der Waals surface area contributed by atoms with Crippen molar-refractivity contribution in [2.45, 2.75) is 19.3 Å². The van der Waals surface area contributed by atoms with Crippen LogP contribution < -0.4 is 4.90 Å². The van der Waals surface area contributed by atoms with Gasteiger partial charge in [-0.05, 0) is 31.4 Å². The summed E-state index contributed by atoms with van der Waals surface area (Å²) in [6.07, 6.45) is 3.86. The van der Waals surface area contributed by atoms with E-state index in [-0.39, 0.29) is 0 Å². The molecule has 0 saturated carbocycles. The van der Waals surface area contributed by atoms with Gasteiger partial charge in [0.1, 0.15) is 0 Å². The van der Waals surface area contributed by atoms with Gasteiger partial charge in [0.15, 0.2) is 5.82 Å². The highest BCUT2D eigenvalue weighted by Gasteiger charge is 2.17. The molecular weight excluding hydrogens is 282 g/mol. The van der Waals surface area contributed by atoms with E-state index in [9.17, 15) is 0 Å². The third-order valence-corrected chi connectivity index (χ3v) is 4.45. The molecule has 0 radical (unpaired) electrons. The molecule has 2 heterocycles. The van der Waals surface area contributed by atoms with Gasteiger partial charge in [-0.25, -0.2) is 4.68 Å². The van der Waals surface area contributed by atoms with E-state index in [1.807, 2.05) is 6.07 Å². The van der Waals surface area contributed by atoms with Crippen LogP contribution >= 0.6 is 0 Å². The van der Waals surface area contributed by atoms with Crippen molar-refractivity contribution in [3.63, 3.8) is 0 Å². The number of anilines is 1. The zero-order valence-electron chi connectivity index (χ0n) is 13.2. The van der Waals surface area contributed by atoms with Gasteiger partial charge in [-0.1, -0.05) is 48.5 Å². The van der Waals surface area contributed by atoms with Crippen molar-refractivity contribution in [3.05, 3.63) is 66.7 Å². The second-order valence-electron chi connectivity index (χ2n) is 6.05. The smallest absolute Gasteiger partial charge is 0.151 e. The van der Waals surface area contributed by atoms with E-state index in [2.05, 4.69) is 70.2 Å². The maximum atomic E-state index is 4.92. The molecule has 23 heavy (non-hydrogen) atoms. The molecule has 2 aromatic carbocycles. The van der Waals surface area contributed by atoms with E-state index in [0.717, 1.165) is 30.3 Å². The summed E-state index contributed by atoms with van der Waals surface area (Å²) in [6.45, 7) is 2.22. The molecule has 1 fully saturated rings. The normalized spacial score (nSPS) is 14.9. The van der Waals surface area contributed by atoms with Gasteiger partial charge in [0.25, 0.3) is 0 Å². The molecule has 3 aromatic rings. The SMILES string of the molecule is c1ccc(-c2cc(N3CCCCC3)nn2-c2ccccc2)cc1. The maximum Gasteiger partial charge on any atom is 0.151 e. The summed E-state index contributed by atoms with van der Waals surface area (Å²) >= 11 is 0. The Kier molecular flexibility index (Phi) is 3.85. The molecule has 4 rings (SSSR count). The number of hydrogen-bond acceptors (Lipinski definition) is 2. The van der Waals surface area contributed by atoms with Gasteiger partial charge in [-0.2, -0.15) is 0 Å². The minimum atomic E-state index is 1.09. The van der Waals surface area contributed by atoms with Gasteiger partial charge < -0.3 is 4.90 Å². The monoisotopic (exact) mass is 303 g/mol. The van der Waals surface area contributed by atoms with Gasteiger partial charge in [0, 0.05) is 24.7 Å². The second-order valence-corrected chi connectivity index (χ2v) is 6.05. The average Bonchev–Trinajstić information content (AvgIpc) is 3.09. The number of aromatic nitrogens is 2. The van der Waals surface area contributed by atoms with Crippen molar-refractivity contribution in [1.82, 2.24) is 9.78 Å². The minimum absolute atomic E-state index is 1.09. The minimum Gasteiger partial charge on any atom is -0.355 e. The van der Waals surface area contributed by atoms with Crippen LogP contribution in [0.1, 0.15) is 19.3 Å². The first-order valence-corrected chi connectivity index (χ1v) is 8.38. The summed E-state index contributed by atoms with van der Waals surface area (Å²) in [4.78, 5) is 2.41. The third-order valence-electron chi connectivity index (χ3n) is 4.45. The Morgan fingerprint density at radius 2 is 1.39 bits per heavy atom. The fourth-order valence-electron chi connectivity index (χ4n) is 3.23. The van der Waals surface area contributed by atoms with Crippen LogP contribution in [0.5, 0.6) is 0 Å². The number of benzene rings is 2. The molecule has 3 heteroatoms. The van der Waals surface area contributed by atoms with Crippen molar-refractivity contribution in [1.29, 1.82) is 0 Å². The lowest BCUT2D eigenvalue weighted by Gasteiger charge is -2.26. The van der Waals surface area contributed by atoms with Crippen LogP contribution in [-0.4, -0.2) is 22.9 Å². The van der Waals surface area contributed by atoms with Gasteiger partial charge in [0.2, 0.25) is 0 Å². The van der Waals surface area contributed by atoms with Crippen molar-refractivity contribution in [3.8, 4) is 16.9 Å². The first-order chi connectivity index (χ1) is 11.4. The number of nitrogens with zero attached hydrogens (tertiary/aromatic N) is 3. The predicted molar refractivity (Wildman–Crippen MR) is 95.1 cm³/mol. The van der Waals surface area contributed by atoms with E-state index < -0.39 is 0 Å². The first-order valence-electron chi connectivity index (χ1n) is 8.38. The largest absolute Gasteiger partial charge is 0.355 e. The van der Waals surface area contributed by atoms with E-state index in [4.69, 9.17) is 5.10 Å². The summed E-state index contributed by atoms with van der Waals surface area (Å²) < 4.78 is 2.07. The van der Waals surface area contributed by atoms with Crippen LogP contribution in [0.25, 0.3) is 16.9 Å². The highest BCUT2D eigenvalue weighted by molar-refractivity contribution is 5.66. The lowest BCUT2D eigenvalue weighted by molar-refractivity contribution is 0.571. The van der Waals surface area contributed by atoms with Crippen LogP contribution in [0.15, 0.2) is 66.7 Å². The van der Waals surface area contributed by atoms with Crippen molar-refractivity contribution in [2.24, 2.45) is 0 Å². The van der Waals surface area contributed by atoms with Crippen molar-refractivity contribution >= 4 is 5.82 Å². The highest BCUT2D eigenvalue weighted by Crippen LogP contribution is 2.28. The molecule has 116 valence electrons. The van der Waals surface area contributed by atoms with Crippen molar-refractivity contribution < 1.29 is 0 Å². The number of rotatable bonds is 3. The Labute approximate surface area is 137 Å². The van der Waals surface area contributed by atoms with E-state index >= 15 is 0 Å². The maximum absolute atomic E-state index is 4.92. The van der Waals surface area contributed by atoms with Crippen LogP contribution in [0, 0.1) is 0 Å². The quantitative estimate of drug-likeness (QED) is 0.709. The summed E-state index contributed by atoms with van der Waals surface area (Å²) in [5.41, 5.74) is 3.46. The molecule has 0 N–H and O–H groups in total. The number of piperidine rings is 1. The molecule has 0 aliphatic carbocycles. The van der Waals surface area contributed by atoms with Crippen LogP contribution in [-0.2, 0) is 0 Å². The van der Waals surface area contributed by atoms with E-state index in [0.29, 0.717) is 0 Å². The third kappa shape index (κ3) is 2.87. The Morgan fingerprint density at radius 3 is 2.09 bits per heavy atom. The lowest BCUT2D eigenvalue weighted by atomic mass is 10.1. The molecule has 1 saturated heterocycles. The van der Waals surface area contributed by atoms with Gasteiger partial charge in [-0.15, -0.1) is 5.10 Å². The average molecular weight is 303 g/mol. The molecule has 3 nitrogen and oxygen atoms in total. The molecule has 1 aromatic heterocycles. The Bertz CT molecular complexity index is 699. The zero-order valence-corrected chi connectivity index (χ0v) is 13.2. The Morgan fingerprint density at radius 1 is 0.739 bits per heavy atom. The summed E-state index contributed by atoms with van der Waals surface area (Å²) in [7, 11) is 0. The Balaban J connectivity index is 1.81. The second kappa shape index (κ2) is 6.29. The number of hydrogen-bond donors (Lipinski definition) is 0. The molecular formula is C20H21N3. The van der Waals surface area contributed by atoms with Gasteiger partial charge in [-0.3, -0.25) is 0 Å². The Hall–Kier alpha value is -2.55. The molecule has 0 atom stereocenters. The molecule has 0 bridgehead atoms. The molecule has 1 aliphatic heterocycles. The van der Waals surface area contributed by atoms with Crippen molar-refractivity contribution in [2.75, 3.05) is 18.0 Å². The van der Waals surface area contributed by atoms with Gasteiger partial charge in [0.05, 0.1) is 11.4 Å². The molecule has 0 amide bonds. The fourth-order valence-corrected chi connectivity index (χ4v) is 3.23. The summed E-state index contributed by atoms with van der Waals surface area (Å²) in [6, 6.07) is 23.1. The van der Waals surface area contributed by atoms with Crippen LogP contribution in [0.2, 0.25) is 0 Å². The van der Waals surface area contributed by atoms with E-state index in [1.165, 1.54) is 24.8 Å². The molecule has 0 spiro atoms. The standard InChI is InChI=1S/C20H21N3/c1-4-10-17(11-5-1)19-16-20(22-14-8-3-9-15-22)21-23(19)18-12-6-2-7-13-18/h1-2,4-7,10-13,16H,3,8-9,14-15H2. The fraction of sp³-hybridized carbons (Fsp3) is 0.250. The molecule has 1 aliphatic rings. The van der Waals surface area contributed by atoms with E-state index in [1.54, 1.807) is 0 Å². The molecule has 0 unspecified atom stereocenters. The first kappa shape index (κ1) is 14.1. The topological polar surface area (TPSA) is 21.1 Å². The highest BCUT2D eigenvalue weighted by atomic mass is 15.4. The summed E-state index contributed by atoms with van der Waals surface area (Å²) in [5, 5.41) is 4.92. The van der Waals surface area contributed by atoms with Crippen LogP contribution in [0.4, 0.5) is 5.82 Å². The van der Waals surface area contributed by atoms with Crippen LogP contribution in [0.3, 0.4) is 0 Å². The lowest BCUT2D eigenvalue weighted by Crippen LogP contribution is -2.29. The predicted octanol–water partition coefficient (Wildman–Crippen LogP) is 4.53. The summed E-state index contributed by atoms with van der Waals surface area (Å²) in [5.74, 6) is 1.09. The number of para-hydroxylation sites is 1.